The molecule has 0 N–H and O–H groups in total. The van der Waals surface area contributed by atoms with Gasteiger partial charge in [-0.3, -0.25) is 4.68 Å². The summed E-state index contributed by atoms with van der Waals surface area (Å²) in [5.74, 6) is 1.19. The monoisotopic (exact) mass is 535 g/mol. The van der Waals surface area contributed by atoms with E-state index in [2.05, 4.69) is 36.2 Å². The largest absolute Gasteiger partial charge is 0.497 e. The van der Waals surface area contributed by atoms with Crippen LogP contribution in [0.1, 0.15) is 11.1 Å². The molecule has 2 aromatic carbocycles. The highest BCUT2D eigenvalue weighted by Crippen LogP contribution is 2.29. The smallest absolute Gasteiger partial charge is 0.232 e. The fourth-order valence-electron chi connectivity index (χ4n) is 3.43. The van der Waals surface area contributed by atoms with Gasteiger partial charge in [-0.05, 0) is 45.8 Å². The molecule has 0 spiro atoms. The van der Waals surface area contributed by atoms with E-state index in [0.717, 1.165) is 11.3 Å². The van der Waals surface area contributed by atoms with Gasteiger partial charge in [-0.1, -0.05) is 35.5 Å². The van der Waals surface area contributed by atoms with Crippen molar-refractivity contribution in [3.63, 3.8) is 0 Å². The van der Waals surface area contributed by atoms with Crippen LogP contribution in [0.2, 0.25) is 0 Å². The molecule has 0 saturated heterocycles. The maximum Gasteiger partial charge on any atom is 0.232 e. The van der Waals surface area contributed by atoms with E-state index in [-0.39, 0.29) is 12.4 Å². The molecule has 3 aromatic heterocycles. The SMILES string of the molecule is COc1ccc(COc2nc(-c3cc(-c4ccon4)n(Cc4ccccc4F)n3)ncc2Br)cc1. The quantitative estimate of drug-likeness (QED) is 0.258. The molecule has 0 aliphatic heterocycles. The third kappa shape index (κ3) is 5.07. The van der Waals surface area contributed by atoms with Gasteiger partial charge in [0.05, 0.1) is 23.8 Å². The van der Waals surface area contributed by atoms with E-state index in [1.165, 1.54) is 12.3 Å². The molecule has 5 rings (SSSR count). The van der Waals surface area contributed by atoms with Crippen LogP contribution in [0.4, 0.5) is 4.39 Å². The van der Waals surface area contributed by atoms with Crippen LogP contribution in [0.25, 0.3) is 22.9 Å². The van der Waals surface area contributed by atoms with Crippen LogP contribution in [-0.4, -0.2) is 32.0 Å². The zero-order chi connectivity index (χ0) is 24.2. The molecule has 0 unspecified atom stereocenters. The van der Waals surface area contributed by atoms with Crippen LogP contribution in [0.15, 0.2) is 82.1 Å². The van der Waals surface area contributed by atoms with Gasteiger partial charge in [0.15, 0.2) is 5.82 Å². The van der Waals surface area contributed by atoms with E-state index in [1.807, 2.05) is 24.3 Å². The van der Waals surface area contributed by atoms with Crippen molar-refractivity contribution in [2.24, 2.45) is 0 Å². The molecule has 0 fully saturated rings. The number of nitrogens with zero attached hydrogens (tertiary/aromatic N) is 5. The molecule has 8 nitrogen and oxygen atoms in total. The lowest BCUT2D eigenvalue weighted by Gasteiger charge is -2.09. The van der Waals surface area contributed by atoms with Gasteiger partial charge in [0.25, 0.3) is 0 Å². The van der Waals surface area contributed by atoms with Crippen LogP contribution >= 0.6 is 15.9 Å². The first kappa shape index (κ1) is 22.7. The Labute approximate surface area is 208 Å². The van der Waals surface area contributed by atoms with Gasteiger partial charge >= 0.3 is 0 Å². The second kappa shape index (κ2) is 10.1. The first-order valence-electron chi connectivity index (χ1n) is 10.6. The minimum absolute atomic E-state index is 0.201. The molecule has 0 aliphatic carbocycles. The number of halogens is 2. The third-order valence-electron chi connectivity index (χ3n) is 5.23. The third-order valence-corrected chi connectivity index (χ3v) is 5.78. The standard InChI is InChI=1S/C25H19BrFN5O3/c1-33-18-8-6-16(7-9-18)15-34-25-19(26)13-28-24(29-25)22-12-23(21-10-11-35-31-21)32(30-22)14-17-4-2-3-5-20(17)27/h2-13H,14-15H2,1H3. The first-order chi connectivity index (χ1) is 17.1. The summed E-state index contributed by atoms with van der Waals surface area (Å²) in [6.45, 7) is 0.511. The first-order valence-corrected chi connectivity index (χ1v) is 11.4. The normalized spacial score (nSPS) is 10.9. The molecular weight excluding hydrogens is 517 g/mol. The number of aromatic nitrogens is 5. The summed E-state index contributed by atoms with van der Waals surface area (Å²) in [5, 5.41) is 8.65. The lowest BCUT2D eigenvalue weighted by molar-refractivity contribution is 0.291. The summed E-state index contributed by atoms with van der Waals surface area (Å²) in [4.78, 5) is 8.95. The van der Waals surface area contributed by atoms with Crippen LogP contribution in [0, 0.1) is 5.82 Å². The second-order valence-electron chi connectivity index (χ2n) is 7.53. The van der Waals surface area contributed by atoms with E-state index in [1.54, 1.807) is 48.3 Å². The number of rotatable bonds is 8. The Morgan fingerprint density at radius 1 is 1.06 bits per heavy atom. The van der Waals surface area contributed by atoms with Crippen LogP contribution in [0.5, 0.6) is 11.6 Å². The number of hydrogen-bond acceptors (Lipinski definition) is 7. The predicted octanol–water partition coefficient (Wildman–Crippen LogP) is 5.53. The van der Waals surface area contributed by atoms with E-state index in [4.69, 9.17) is 14.0 Å². The predicted molar refractivity (Wildman–Crippen MR) is 129 cm³/mol. The zero-order valence-electron chi connectivity index (χ0n) is 18.6. The van der Waals surface area contributed by atoms with Gasteiger partial charge in [0.1, 0.15) is 35.8 Å². The Bertz CT molecular complexity index is 1440. The van der Waals surface area contributed by atoms with Crippen molar-refractivity contribution in [3.05, 3.63) is 94.5 Å². The van der Waals surface area contributed by atoms with Crippen molar-refractivity contribution >= 4 is 15.9 Å². The summed E-state index contributed by atoms with van der Waals surface area (Å²) in [6.07, 6.45) is 3.08. The van der Waals surface area contributed by atoms with Crippen LogP contribution in [0.3, 0.4) is 0 Å². The highest BCUT2D eigenvalue weighted by molar-refractivity contribution is 9.10. The number of ether oxygens (including phenoxy) is 2. The molecule has 0 bridgehead atoms. The minimum Gasteiger partial charge on any atom is -0.497 e. The molecule has 5 aromatic rings. The lowest BCUT2D eigenvalue weighted by Crippen LogP contribution is -2.06. The molecule has 176 valence electrons. The fourth-order valence-corrected chi connectivity index (χ4v) is 3.74. The van der Waals surface area contributed by atoms with E-state index in [9.17, 15) is 4.39 Å². The molecule has 0 aliphatic rings. The highest BCUT2D eigenvalue weighted by atomic mass is 79.9. The average Bonchev–Trinajstić information content (AvgIpc) is 3.55. The summed E-state index contributed by atoms with van der Waals surface area (Å²) in [6, 6.07) is 17.6. The molecule has 0 radical (unpaired) electrons. The van der Waals surface area contributed by atoms with Crippen molar-refractivity contribution in [1.82, 2.24) is 24.9 Å². The van der Waals surface area contributed by atoms with Crippen LogP contribution < -0.4 is 9.47 Å². The highest BCUT2D eigenvalue weighted by Gasteiger charge is 2.18. The van der Waals surface area contributed by atoms with E-state index in [0.29, 0.717) is 45.4 Å². The van der Waals surface area contributed by atoms with Crippen molar-refractivity contribution in [3.8, 4) is 34.5 Å². The Kier molecular flexibility index (Phi) is 6.53. The maximum absolute atomic E-state index is 14.3. The lowest BCUT2D eigenvalue weighted by atomic mass is 10.2. The summed E-state index contributed by atoms with van der Waals surface area (Å²) >= 11 is 3.44. The molecule has 35 heavy (non-hydrogen) atoms. The number of benzene rings is 2. The number of hydrogen-bond donors (Lipinski definition) is 0. The summed E-state index contributed by atoms with van der Waals surface area (Å²) in [5.41, 5.74) is 3.14. The average molecular weight is 536 g/mol. The molecule has 0 amide bonds. The van der Waals surface area contributed by atoms with Gasteiger partial charge in [-0.15, -0.1) is 0 Å². The van der Waals surface area contributed by atoms with Gasteiger partial charge < -0.3 is 14.0 Å². The van der Waals surface area contributed by atoms with Gasteiger partial charge in [0, 0.05) is 17.8 Å². The van der Waals surface area contributed by atoms with Crippen molar-refractivity contribution in [1.29, 1.82) is 0 Å². The molecule has 0 atom stereocenters. The molecule has 3 heterocycles. The fraction of sp³-hybridized carbons (Fsp3) is 0.120. The van der Waals surface area contributed by atoms with Gasteiger partial charge in [0.2, 0.25) is 5.88 Å². The zero-order valence-corrected chi connectivity index (χ0v) is 20.1. The number of methoxy groups -OCH3 is 1. The maximum atomic E-state index is 14.3. The van der Waals surface area contributed by atoms with E-state index < -0.39 is 0 Å². The minimum atomic E-state index is -0.315. The Morgan fingerprint density at radius 3 is 2.63 bits per heavy atom. The molecular formula is C25H19BrFN5O3. The van der Waals surface area contributed by atoms with Gasteiger partial charge in [-0.2, -0.15) is 10.1 Å². The molecule has 10 heteroatoms. The Balaban J connectivity index is 1.44. The summed E-state index contributed by atoms with van der Waals surface area (Å²) < 4.78 is 32.7. The summed E-state index contributed by atoms with van der Waals surface area (Å²) in [7, 11) is 1.62. The van der Waals surface area contributed by atoms with Gasteiger partial charge in [-0.25, -0.2) is 9.37 Å². The van der Waals surface area contributed by atoms with Crippen LogP contribution in [-0.2, 0) is 13.2 Å². The topological polar surface area (TPSA) is 88.1 Å². The second-order valence-corrected chi connectivity index (χ2v) is 8.39. The Hall–Kier alpha value is -4.05. The van der Waals surface area contributed by atoms with Crippen molar-refractivity contribution < 1.29 is 18.4 Å². The van der Waals surface area contributed by atoms with Crippen molar-refractivity contribution in [2.75, 3.05) is 7.11 Å². The Morgan fingerprint density at radius 2 is 1.89 bits per heavy atom. The van der Waals surface area contributed by atoms with Crippen molar-refractivity contribution in [2.45, 2.75) is 13.2 Å². The van der Waals surface area contributed by atoms with E-state index >= 15 is 0 Å². The molecule has 0 saturated carbocycles.